The number of halogens is 1. The first-order valence-electron chi connectivity index (χ1n) is 15.2. The average molecular weight is 600 g/mol. The number of carbonyl (C=O) groups is 5. The van der Waals surface area contributed by atoms with E-state index in [9.17, 15) is 34.2 Å². The van der Waals surface area contributed by atoms with Gasteiger partial charge in [-0.2, -0.15) is 0 Å². The van der Waals surface area contributed by atoms with Gasteiger partial charge in [-0.3, -0.25) is 33.8 Å². The van der Waals surface area contributed by atoms with E-state index < -0.39 is 81.5 Å². The van der Waals surface area contributed by atoms with E-state index in [2.05, 4.69) is 4.90 Å². The Morgan fingerprint density at radius 2 is 1.77 bits per heavy atom. The summed E-state index contributed by atoms with van der Waals surface area (Å²) in [6.07, 6.45) is 4.34. The quantitative estimate of drug-likeness (QED) is 0.397. The van der Waals surface area contributed by atoms with Crippen LogP contribution in [0.2, 0.25) is 0 Å². The summed E-state index contributed by atoms with van der Waals surface area (Å²) in [6.45, 7) is 7.22. The fourth-order valence-electron chi connectivity index (χ4n) is 8.52. The maximum atomic E-state index is 16.6. The van der Waals surface area contributed by atoms with Crippen LogP contribution in [-0.4, -0.2) is 87.9 Å². The van der Waals surface area contributed by atoms with Crippen molar-refractivity contribution in [2.24, 2.45) is 35.3 Å². The first kappa shape index (κ1) is 31.4. The maximum Gasteiger partial charge on any atom is 0.235 e. The molecule has 1 aromatic carbocycles. The number of amides is 1. The maximum absolute atomic E-state index is 16.6. The number of nitrogens with two attached hydrogens (primary N) is 1. The molecule has 3 fully saturated rings. The van der Waals surface area contributed by atoms with Crippen molar-refractivity contribution in [1.29, 1.82) is 0 Å². The lowest BCUT2D eigenvalue weighted by Crippen LogP contribution is -2.74. The lowest BCUT2D eigenvalue weighted by Gasteiger charge is -2.52. The number of nitrogens with zero attached hydrogens (tertiary/aromatic N) is 2. The summed E-state index contributed by atoms with van der Waals surface area (Å²) in [5.74, 6) is -11.7. The van der Waals surface area contributed by atoms with Crippen molar-refractivity contribution < 1.29 is 38.6 Å². The SMILES string of the molecule is CCN(CC1CCCC1)C(C)(C)c1cc(O)c2c(c1F)C[C@H]1C[C@H]3[C@H](N(C)C)C(=O)C(C(N)=O)C(=O)[C@@]3(O)C(=O)C1C2=O. The Morgan fingerprint density at radius 1 is 1.14 bits per heavy atom. The number of likely N-dealkylation sites (N-methyl/N-ethyl adjacent to an activating group) is 1. The minimum atomic E-state index is -2.81. The molecule has 11 heteroatoms. The minimum Gasteiger partial charge on any atom is -0.507 e. The Morgan fingerprint density at radius 3 is 2.33 bits per heavy atom. The Kier molecular flexibility index (Phi) is 7.93. The molecule has 2 unspecified atom stereocenters. The molecule has 0 radical (unpaired) electrons. The third-order valence-electron chi connectivity index (χ3n) is 10.8. The molecule has 4 N–H and O–H groups in total. The number of aliphatic hydroxyl groups is 1. The summed E-state index contributed by atoms with van der Waals surface area (Å²) >= 11 is 0. The predicted octanol–water partition coefficient (Wildman–Crippen LogP) is 1.75. The van der Waals surface area contributed by atoms with Gasteiger partial charge in [-0.15, -0.1) is 0 Å². The summed E-state index contributed by atoms with van der Waals surface area (Å²) in [5, 5.41) is 22.9. The van der Waals surface area contributed by atoms with Crippen molar-refractivity contribution >= 4 is 29.0 Å². The molecule has 4 aliphatic carbocycles. The van der Waals surface area contributed by atoms with E-state index in [4.69, 9.17) is 5.73 Å². The number of ketones is 4. The number of benzene rings is 1. The molecule has 4 aliphatic rings. The highest BCUT2D eigenvalue weighted by molar-refractivity contribution is 6.32. The first-order valence-corrected chi connectivity index (χ1v) is 15.2. The van der Waals surface area contributed by atoms with Crippen molar-refractivity contribution in [3.05, 3.63) is 28.6 Å². The summed E-state index contributed by atoms with van der Waals surface area (Å²) in [6, 6.07) is 0.0447. The molecule has 43 heavy (non-hydrogen) atoms. The Hall–Kier alpha value is -3.02. The van der Waals surface area contributed by atoms with Crippen LogP contribution in [0, 0.1) is 35.4 Å². The highest BCUT2D eigenvalue weighted by atomic mass is 19.1. The summed E-state index contributed by atoms with van der Waals surface area (Å²) < 4.78 is 16.6. The molecular weight excluding hydrogens is 557 g/mol. The van der Waals surface area contributed by atoms with E-state index in [-0.39, 0.29) is 29.5 Å². The molecule has 6 atom stereocenters. The number of hydrogen-bond donors (Lipinski definition) is 3. The van der Waals surface area contributed by atoms with Gasteiger partial charge in [0.15, 0.2) is 34.7 Å². The van der Waals surface area contributed by atoms with Crippen LogP contribution in [0.25, 0.3) is 0 Å². The number of phenols is 1. The molecular formula is C32H42FN3O7. The van der Waals surface area contributed by atoms with Crippen molar-refractivity contribution in [2.75, 3.05) is 27.2 Å². The molecule has 234 valence electrons. The lowest BCUT2D eigenvalue weighted by molar-refractivity contribution is -0.181. The lowest BCUT2D eigenvalue weighted by atomic mass is 9.52. The van der Waals surface area contributed by atoms with Gasteiger partial charge in [0.1, 0.15) is 11.6 Å². The monoisotopic (exact) mass is 599 g/mol. The third-order valence-corrected chi connectivity index (χ3v) is 10.8. The van der Waals surface area contributed by atoms with Gasteiger partial charge in [-0.05, 0) is 78.1 Å². The Balaban J connectivity index is 1.57. The smallest absolute Gasteiger partial charge is 0.235 e. The summed E-state index contributed by atoms with van der Waals surface area (Å²) in [4.78, 5) is 70.2. The van der Waals surface area contributed by atoms with Crippen LogP contribution in [0.3, 0.4) is 0 Å². The number of hydrogen-bond acceptors (Lipinski definition) is 9. The number of carbonyl (C=O) groups excluding carboxylic acids is 5. The van der Waals surface area contributed by atoms with Crippen LogP contribution >= 0.6 is 0 Å². The largest absolute Gasteiger partial charge is 0.507 e. The van der Waals surface area contributed by atoms with E-state index >= 15 is 4.39 Å². The first-order chi connectivity index (χ1) is 20.1. The number of rotatable bonds is 7. The highest BCUT2D eigenvalue weighted by Crippen LogP contribution is 2.52. The van der Waals surface area contributed by atoms with Crippen molar-refractivity contribution in [2.45, 2.75) is 76.5 Å². The average Bonchev–Trinajstić information content (AvgIpc) is 3.44. The molecule has 0 bridgehead atoms. The Bertz CT molecular complexity index is 1400. The second kappa shape index (κ2) is 10.9. The van der Waals surface area contributed by atoms with Gasteiger partial charge in [0.05, 0.1) is 17.5 Å². The zero-order chi connectivity index (χ0) is 31.8. The summed E-state index contributed by atoms with van der Waals surface area (Å²) in [7, 11) is 3.04. The van der Waals surface area contributed by atoms with Gasteiger partial charge in [-0.25, -0.2) is 4.39 Å². The second-order valence-electron chi connectivity index (χ2n) is 13.6. The number of Topliss-reactive ketones (excluding diaryl/α,β-unsaturated/α-hetero) is 4. The number of phenolic OH excluding ortho intramolecular Hbond substituents is 1. The van der Waals surface area contributed by atoms with Crippen LogP contribution in [0.1, 0.15) is 74.4 Å². The second-order valence-corrected chi connectivity index (χ2v) is 13.6. The molecule has 1 amide bonds. The fraction of sp³-hybridized carbons (Fsp3) is 0.656. The standard InChI is InChI=1S/C32H42FN3O7/c1-6-36(14-15-9-7-8-10-15)31(2,3)18-13-20(37)22-17(24(18)33)11-16-12-19-25(35(4)5)27(39)23(30(34)42)29(41)32(19,43)28(40)21(16)26(22)38/h13,15-16,19,21,23,25,37,43H,6-12,14H2,1-5H3,(H2,34,42)/t16-,19-,21?,23?,25-,32-/m0/s1. The van der Waals surface area contributed by atoms with Crippen LogP contribution in [0.4, 0.5) is 4.39 Å². The zero-order valence-corrected chi connectivity index (χ0v) is 25.5. The number of primary amides is 1. The normalized spacial score (nSPS) is 31.4. The van der Waals surface area contributed by atoms with E-state index in [1.807, 2.05) is 20.8 Å². The fourth-order valence-corrected chi connectivity index (χ4v) is 8.52. The molecule has 0 aromatic heterocycles. The molecule has 5 rings (SSSR count). The van der Waals surface area contributed by atoms with Crippen molar-refractivity contribution in [1.82, 2.24) is 9.80 Å². The van der Waals surface area contributed by atoms with Gasteiger partial charge < -0.3 is 15.9 Å². The molecule has 0 heterocycles. The molecule has 0 spiro atoms. The zero-order valence-electron chi connectivity index (χ0n) is 25.5. The summed E-state index contributed by atoms with van der Waals surface area (Å²) in [5.41, 5.74) is 1.63. The van der Waals surface area contributed by atoms with Crippen LogP contribution in [0.15, 0.2) is 6.07 Å². The predicted molar refractivity (Wildman–Crippen MR) is 154 cm³/mol. The number of fused-ring (bicyclic) bond motifs is 3. The van der Waals surface area contributed by atoms with Crippen LogP contribution in [-0.2, 0) is 31.1 Å². The van der Waals surface area contributed by atoms with E-state index in [1.165, 1.54) is 37.9 Å². The molecule has 1 aromatic rings. The van der Waals surface area contributed by atoms with Gasteiger partial charge in [-0.1, -0.05) is 19.8 Å². The number of aromatic hydroxyl groups is 1. The third kappa shape index (κ3) is 4.57. The van der Waals surface area contributed by atoms with Crippen LogP contribution in [0.5, 0.6) is 5.75 Å². The van der Waals surface area contributed by atoms with E-state index in [1.54, 1.807) is 0 Å². The van der Waals surface area contributed by atoms with Gasteiger partial charge >= 0.3 is 0 Å². The van der Waals surface area contributed by atoms with Gasteiger partial charge in [0.2, 0.25) is 5.91 Å². The van der Waals surface area contributed by atoms with Crippen molar-refractivity contribution in [3.8, 4) is 5.75 Å². The minimum absolute atomic E-state index is 0.00522. The van der Waals surface area contributed by atoms with Crippen molar-refractivity contribution in [3.63, 3.8) is 0 Å². The van der Waals surface area contributed by atoms with Gasteiger partial charge in [0.25, 0.3) is 0 Å². The van der Waals surface area contributed by atoms with Crippen LogP contribution < -0.4 is 5.73 Å². The topological polar surface area (TPSA) is 158 Å². The highest BCUT2D eigenvalue weighted by Gasteiger charge is 2.69. The molecule has 0 saturated heterocycles. The molecule has 3 saturated carbocycles. The van der Waals surface area contributed by atoms with E-state index in [0.29, 0.717) is 12.5 Å². The van der Waals surface area contributed by atoms with Gasteiger partial charge in [0, 0.05) is 29.1 Å². The molecule has 0 aliphatic heterocycles. The van der Waals surface area contributed by atoms with E-state index in [0.717, 1.165) is 19.4 Å². The molecule has 10 nitrogen and oxygen atoms in total. The Labute approximate surface area is 250 Å².